The molecule has 56 valence electrons. The predicted molar refractivity (Wildman–Crippen MR) is 36.3 cm³/mol. The molecule has 0 spiro atoms. The van der Waals surface area contributed by atoms with Crippen molar-refractivity contribution in [1.82, 2.24) is 20.3 Å². The van der Waals surface area contributed by atoms with E-state index in [0.717, 1.165) is 0 Å². The minimum atomic E-state index is 0.267. The average molecular weight is 151 g/mol. The quantitative estimate of drug-likeness (QED) is 0.600. The largest absolute Gasteiger partial charge is 0.368 e. The topological polar surface area (TPSA) is 93.6 Å². The summed E-state index contributed by atoms with van der Waals surface area (Å²) >= 11 is 0. The number of nitrogens with zero attached hydrogens (tertiary/aromatic N) is 3. The zero-order valence-corrected chi connectivity index (χ0v) is 5.48. The minimum absolute atomic E-state index is 0.267. The molecule has 0 amide bonds. The first kappa shape index (κ1) is 5.90. The number of aromatic amines is 1. The van der Waals surface area contributed by atoms with Gasteiger partial charge in [-0.05, 0) is 0 Å². The summed E-state index contributed by atoms with van der Waals surface area (Å²) in [5.74, 6) is 0.777. The molecule has 3 N–H and O–H groups in total. The summed E-state index contributed by atoms with van der Waals surface area (Å²) in [6.45, 7) is 0. The van der Waals surface area contributed by atoms with Crippen molar-refractivity contribution in [2.24, 2.45) is 0 Å². The first-order chi connectivity index (χ1) is 5.36. The third-order valence-corrected chi connectivity index (χ3v) is 1.18. The summed E-state index contributed by atoms with van der Waals surface area (Å²) in [5, 5.41) is 10.9. The van der Waals surface area contributed by atoms with E-state index < -0.39 is 0 Å². The molecule has 2 rings (SSSR count). The second-order valence-electron chi connectivity index (χ2n) is 1.94. The first-order valence-electron chi connectivity index (χ1n) is 2.95. The summed E-state index contributed by atoms with van der Waals surface area (Å²) < 4.78 is 4.60. The molecule has 0 aliphatic rings. The second-order valence-corrected chi connectivity index (χ2v) is 1.94. The Bertz CT molecular complexity index is 337. The van der Waals surface area contributed by atoms with Crippen LogP contribution in [-0.4, -0.2) is 20.3 Å². The molecule has 6 heteroatoms. The molecule has 6 nitrogen and oxygen atoms in total. The number of rotatable bonds is 1. The summed E-state index contributed by atoms with van der Waals surface area (Å²) in [6.07, 6.45) is 1.45. The van der Waals surface area contributed by atoms with E-state index in [-0.39, 0.29) is 5.95 Å². The highest BCUT2D eigenvalue weighted by molar-refractivity contribution is 5.48. The molecule has 0 radical (unpaired) electrons. The van der Waals surface area contributed by atoms with Gasteiger partial charge >= 0.3 is 0 Å². The number of H-pyrrole nitrogens is 1. The third-order valence-electron chi connectivity index (χ3n) is 1.18. The van der Waals surface area contributed by atoms with Crippen LogP contribution < -0.4 is 5.73 Å². The molecule has 0 aliphatic carbocycles. The van der Waals surface area contributed by atoms with Crippen LogP contribution in [0.25, 0.3) is 11.5 Å². The van der Waals surface area contributed by atoms with Crippen molar-refractivity contribution in [3.05, 3.63) is 12.3 Å². The van der Waals surface area contributed by atoms with E-state index >= 15 is 0 Å². The number of nitrogens with two attached hydrogens (primary N) is 1. The van der Waals surface area contributed by atoms with Crippen molar-refractivity contribution in [3.8, 4) is 11.5 Å². The van der Waals surface area contributed by atoms with Crippen LogP contribution in [0.2, 0.25) is 0 Å². The number of aromatic nitrogens is 4. The van der Waals surface area contributed by atoms with Gasteiger partial charge in [0.25, 0.3) is 0 Å². The lowest BCUT2D eigenvalue weighted by molar-refractivity contribution is 0.422. The van der Waals surface area contributed by atoms with E-state index in [4.69, 9.17) is 5.73 Å². The Morgan fingerprint density at radius 3 is 2.91 bits per heavy atom. The zero-order valence-electron chi connectivity index (χ0n) is 5.48. The lowest BCUT2D eigenvalue weighted by Gasteiger charge is -1.81. The SMILES string of the molecule is Nc1nnc(-c2ccon2)[nH]1. The fourth-order valence-electron chi connectivity index (χ4n) is 0.725. The van der Waals surface area contributed by atoms with Crippen molar-refractivity contribution in [2.45, 2.75) is 0 Å². The van der Waals surface area contributed by atoms with Gasteiger partial charge in [0.2, 0.25) is 5.95 Å². The number of nitrogen functional groups attached to an aromatic ring is 1. The highest BCUT2D eigenvalue weighted by Crippen LogP contribution is 2.10. The van der Waals surface area contributed by atoms with Crippen LogP contribution in [0, 0.1) is 0 Å². The molecular formula is C5H5N5O. The van der Waals surface area contributed by atoms with Crippen molar-refractivity contribution < 1.29 is 4.52 Å². The van der Waals surface area contributed by atoms with Crippen molar-refractivity contribution in [2.75, 3.05) is 5.73 Å². The Kier molecular flexibility index (Phi) is 1.12. The number of nitrogens with one attached hydrogen (secondary N) is 1. The van der Waals surface area contributed by atoms with E-state index in [0.29, 0.717) is 11.5 Å². The molecule has 0 atom stereocenters. The zero-order chi connectivity index (χ0) is 7.68. The molecule has 0 unspecified atom stereocenters. The van der Waals surface area contributed by atoms with Crippen LogP contribution in [-0.2, 0) is 0 Å². The van der Waals surface area contributed by atoms with Gasteiger partial charge in [-0.3, -0.25) is 0 Å². The van der Waals surface area contributed by atoms with Gasteiger partial charge in [-0.2, -0.15) is 0 Å². The van der Waals surface area contributed by atoms with Gasteiger partial charge in [0.1, 0.15) is 6.26 Å². The maximum atomic E-state index is 5.30. The van der Waals surface area contributed by atoms with Crippen LogP contribution in [0.1, 0.15) is 0 Å². The average Bonchev–Trinajstić information content (AvgIpc) is 2.55. The fraction of sp³-hybridized carbons (Fsp3) is 0. The van der Waals surface area contributed by atoms with Crippen LogP contribution in [0.4, 0.5) is 5.95 Å². The molecule has 0 aliphatic heterocycles. The number of hydrogen-bond donors (Lipinski definition) is 2. The lowest BCUT2D eigenvalue weighted by atomic mass is 10.4. The van der Waals surface area contributed by atoms with E-state index in [1.165, 1.54) is 6.26 Å². The Morgan fingerprint density at radius 1 is 1.45 bits per heavy atom. The van der Waals surface area contributed by atoms with Crippen LogP contribution in [0.15, 0.2) is 16.9 Å². The maximum absolute atomic E-state index is 5.30. The summed E-state index contributed by atoms with van der Waals surface area (Å²) in [7, 11) is 0. The molecule has 0 saturated carbocycles. The van der Waals surface area contributed by atoms with Crippen LogP contribution in [0.5, 0.6) is 0 Å². The Labute approximate surface area is 61.4 Å². The van der Waals surface area contributed by atoms with Gasteiger partial charge in [0.05, 0.1) is 0 Å². The van der Waals surface area contributed by atoms with Gasteiger partial charge in [-0.1, -0.05) is 5.16 Å². The van der Waals surface area contributed by atoms with Gasteiger partial charge in [0.15, 0.2) is 11.5 Å². The smallest absolute Gasteiger partial charge is 0.219 e. The Balaban J connectivity index is 2.45. The van der Waals surface area contributed by atoms with Crippen LogP contribution in [0.3, 0.4) is 0 Å². The first-order valence-corrected chi connectivity index (χ1v) is 2.95. The van der Waals surface area contributed by atoms with Crippen LogP contribution >= 0.6 is 0 Å². The molecule has 2 heterocycles. The molecular weight excluding hydrogens is 146 g/mol. The fourth-order valence-corrected chi connectivity index (χ4v) is 0.725. The van der Waals surface area contributed by atoms with Crippen molar-refractivity contribution in [3.63, 3.8) is 0 Å². The second kappa shape index (κ2) is 2.08. The summed E-state index contributed by atoms with van der Waals surface area (Å²) in [4.78, 5) is 2.71. The molecule has 0 aromatic carbocycles. The van der Waals surface area contributed by atoms with Crippen molar-refractivity contribution >= 4 is 5.95 Å². The molecule has 0 saturated heterocycles. The minimum Gasteiger partial charge on any atom is -0.368 e. The Morgan fingerprint density at radius 2 is 2.36 bits per heavy atom. The van der Waals surface area contributed by atoms with E-state index in [1.54, 1.807) is 6.07 Å². The molecule has 0 bridgehead atoms. The Hall–Kier alpha value is -1.85. The third kappa shape index (κ3) is 0.936. The normalized spacial score (nSPS) is 10.2. The number of hydrogen-bond acceptors (Lipinski definition) is 5. The maximum Gasteiger partial charge on any atom is 0.219 e. The predicted octanol–water partition coefficient (Wildman–Crippen LogP) is 0.0419. The van der Waals surface area contributed by atoms with Gasteiger partial charge < -0.3 is 15.2 Å². The van der Waals surface area contributed by atoms with E-state index in [9.17, 15) is 0 Å². The molecule has 2 aromatic heterocycles. The number of anilines is 1. The molecule has 2 aromatic rings. The lowest BCUT2D eigenvalue weighted by Crippen LogP contribution is -1.85. The summed E-state index contributed by atoms with van der Waals surface area (Å²) in [6, 6.07) is 1.67. The standard InChI is InChI=1S/C5H5N5O/c6-5-7-4(8-9-5)3-1-2-11-10-3/h1-2H,(H3,6,7,8,9). The van der Waals surface area contributed by atoms with E-state index in [2.05, 4.69) is 24.9 Å². The van der Waals surface area contributed by atoms with Crippen molar-refractivity contribution in [1.29, 1.82) is 0 Å². The van der Waals surface area contributed by atoms with Gasteiger partial charge in [-0.15, -0.1) is 10.2 Å². The van der Waals surface area contributed by atoms with Gasteiger partial charge in [0, 0.05) is 6.07 Å². The highest BCUT2D eigenvalue weighted by atomic mass is 16.5. The molecule has 11 heavy (non-hydrogen) atoms. The molecule has 0 fully saturated rings. The van der Waals surface area contributed by atoms with Gasteiger partial charge in [-0.25, -0.2) is 0 Å². The van der Waals surface area contributed by atoms with E-state index in [1.807, 2.05) is 0 Å². The highest BCUT2D eigenvalue weighted by Gasteiger charge is 2.04. The monoisotopic (exact) mass is 151 g/mol. The summed E-state index contributed by atoms with van der Waals surface area (Å²) in [5.41, 5.74) is 5.89.